The molecule has 3 heteroatoms. The molecular formula is C36H42Cl2Zr-2. The van der Waals surface area contributed by atoms with Gasteiger partial charge in [0.05, 0.1) is 0 Å². The molecule has 0 nitrogen and oxygen atoms in total. The predicted octanol–water partition coefficient (Wildman–Crippen LogP) is 3.39. The Balaban J connectivity index is 0.000000303. The van der Waals surface area contributed by atoms with Crippen molar-refractivity contribution in [3.8, 4) is 11.1 Å². The molecular weight excluding hydrogens is 595 g/mol. The third-order valence-corrected chi connectivity index (χ3v) is 7.96. The van der Waals surface area contributed by atoms with E-state index in [0.29, 0.717) is 5.41 Å². The number of fused-ring (bicyclic) bond motifs is 3. The number of hydrogen-bond donors (Lipinski definition) is 0. The molecule has 0 bridgehead atoms. The fourth-order valence-corrected chi connectivity index (χ4v) is 4.89. The zero-order chi connectivity index (χ0) is 27.5. The first-order chi connectivity index (χ1) is 17.3. The van der Waals surface area contributed by atoms with Gasteiger partial charge in [0.15, 0.2) is 0 Å². The van der Waals surface area contributed by atoms with Crippen molar-refractivity contribution < 1.29 is 49.0 Å². The van der Waals surface area contributed by atoms with Gasteiger partial charge < -0.3 is 24.8 Å². The average molecular weight is 637 g/mol. The maximum absolute atomic E-state index is 3.54. The van der Waals surface area contributed by atoms with E-state index < -0.39 is 0 Å². The average Bonchev–Trinajstić information content (AvgIpc) is 3.39. The van der Waals surface area contributed by atoms with Gasteiger partial charge in [-0.2, -0.15) is 46.5 Å². The summed E-state index contributed by atoms with van der Waals surface area (Å²) in [6.45, 7) is 21.8. The van der Waals surface area contributed by atoms with Crippen LogP contribution in [0.1, 0.15) is 83.3 Å². The van der Waals surface area contributed by atoms with Gasteiger partial charge in [-0.05, 0) is 37.0 Å². The van der Waals surface area contributed by atoms with E-state index in [9.17, 15) is 0 Å². The summed E-state index contributed by atoms with van der Waals surface area (Å²) in [5, 5.41) is 0. The molecule has 5 rings (SSSR count). The molecule has 0 aromatic heterocycles. The van der Waals surface area contributed by atoms with Crippen molar-refractivity contribution in [2.24, 2.45) is 0 Å². The van der Waals surface area contributed by atoms with Gasteiger partial charge in [-0.15, -0.1) is 11.1 Å². The first kappa shape index (κ1) is 35.4. The third kappa shape index (κ3) is 9.45. The van der Waals surface area contributed by atoms with Crippen LogP contribution in [0.25, 0.3) is 11.1 Å². The van der Waals surface area contributed by atoms with Crippen molar-refractivity contribution in [3.63, 3.8) is 0 Å². The van der Waals surface area contributed by atoms with Crippen molar-refractivity contribution >= 4 is 3.21 Å². The molecule has 206 valence electrons. The maximum Gasteiger partial charge on any atom is -0.0253 e. The second-order valence-corrected chi connectivity index (χ2v) is 13.5. The van der Waals surface area contributed by atoms with Gasteiger partial charge in [0, 0.05) is 0 Å². The SMILES string of the molecule is C[C](=[Zr+2])c1ccc(C)cc1.Cc1[c-]c2c(cc1C)-c1cc(C)c(C)cc1C2.Cc1cc(C(C)(C)C)c[cH-]1.[Cl-].[Cl-]. The van der Waals surface area contributed by atoms with Crippen molar-refractivity contribution in [2.75, 3.05) is 0 Å². The summed E-state index contributed by atoms with van der Waals surface area (Å²) in [5.74, 6) is 0. The zero-order valence-corrected chi connectivity index (χ0v) is 29.2. The molecule has 1 aliphatic rings. The fourth-order valence-electron chi connectivity index (χ4n) is 4.48. The van der Waals surface area contributed by atoms with Crippen LogP contribution in [0.4, 0.5) is 0 Å². The number of rotatable bonds is 1. The van der Waals surface area contributed by atoms with E-state index >= 15 is 0 Å². The van der Waals surface area contributed by atoms with Crippen LogP contribution in [0.5, 0.6) is 0 Å². The Morgan fingerprint density at radius 2 is 1.36 bits per heavy atom. The van der Waals surface area contributed by atoms with Crippen LogP contribution in [-0.2, 0) is 36.1 Å². The maximum atomic E-state index is 3.54. The van der Waals surface area contributed by atoms with Crippen LogP contribution >= 0.6 is 0 Å². The smallest absolute Gasteiger partial charge is 0.0253 e. The number of hydrogen-bond acceptors (Lipinski definition) is 0. The Morgan fingerprint density at radius 3 is 1.85 bits per heavy atom. The van der Waals surface area contributed by atoms with Crippen LogP contribution in [0.15, 0.2) is 60.7 Å². The van der Waals surface area contributed by atoms with Gasteiger partial charge in [0.1, 0.15) is 0 Å². The van der Waals surface area contributed by atoms with Gasteiger partial charge in [-0.1, -0.05) is 64.7 Å². The number of benzene rings is 3. The normalized spacial score (nSPS) is 11.0. The molecule has 0 saturated carbocycles. The molecule has 4 aromatic carbocycles. The number of aryl methyl sites for hydroxylation is 6. The van der Waals surface area contributed by atoms with Gasteiger partial charge in [0.2, 0.25) is 0 Å². The summed E-state index contributed by atoms with van der Waals surface area (Å²) in [6.07, 6.45) is 1.05. The molecule has 1 aliphatic carbocycles. The molecule has 4 aromatic rings. The van der Waals surface area contributed by atoms with E-state index in [1.807, 2.05) is 0 Å². The van der Waals surface area contributed by atoms with E-state index in [1.54, 1.807) is 0 Å². The molecule has 0 heterocycles. The van der Waals surface area contributed by atoms with Gasteiger partial charge >= 0.3 is 76.7 Å². The minimum Gasteiger partial charge on any atom is -1.00 e. The van der Waals surface area contributed by atoms with Crippen molar-refractivity contribution in [3.05, 3.63) is 122 Å². The Hall–Kier alpha value is -1.66. The van der Waals surface area contributed by atoms with E-state index in [4.69, 9.17) is 0 Å². The summed E-state index contributed by atoms with van der Waals surface area (Å²) < 4.78 is 1.46. The monoisotopic (exact) mass is 634 g/mol. The van der Waals surface area contributed by atoms with E-state index in [-0.39, 0.29) is 24.8 Å². The Kier molecular flexibility index (Phi) is 13.4. The molecule has 0 spiro atoms. The Morgan fingerprint density at radius 1 is 0.795 bits per heavy atom. The molecule has 0 aliphatic heterocycles. The van der Waals surface area contributed by atoms with Crippen molar-refractivity contribution in [1.82, 2.24) is 0 Å². The largest absolute Gasteiger partial charge is 1.00 e. The second-order valence-electron chi connectivity index (χ2n) is 11.7. The summed E-state index contributed by atoms with van der Waals surface area (Å²) in [4.78, 5) is 0. The van der Waals surface area contributed by atoms with Crippen LogP contribution < -0.4 is 24.8 Å². The van der Waals surface area contributed by atoms with E-state index in [0.717, 1.165) is 6.42 Å². The Bertz CT molecular complexity index is 1340. The third-order valence-electron chi connectivity index (χ3n) is 7.25. The van der Waals surface area contributed by atoms with Crippen LogP contribution in [-0.4, -0.2) is 3.21 Å². The zero-order valence-electron chi connectivity index (χ0n) is 25.2. The van der Waals surface area contributed by atoms with Gasteiger partial charge in [0.25, 0.3) is 0 Å². The van der Waals surface area contributed by atoms with E-state index in [2.05, 4.69) is 136 Å². The summed E-state index contributed by atoms with van der Waals surface area (Å²) in [5.41, 5.74) is 16.9. The molecule has 39 heavy (non-hydrogen) atoms. The topological polar surface area (TPSA) is 0 Å². The van der Waals surface area contributed by atoms with Crippen LogP contribution in [0.2, 0.25) is 0 Å². The molecule has 0 amide bonds. The molecule has 0 radical (unpaired) electrons. The molecule has 0 N–H and O–H groups in total. The summed E-state index contributed by atoms with van der Waals surface area (Å²) in [7, 11) is 0. The Labute approximate surface area is 265 Å². The standard InChI is InChI=1S/C17H17.C10H15.C9H10.2ClH.Zr/c1-10-5-14-9-15-6-11(2)13(4)8-17(15)16(14)7-12(10)3;1-8-5-6-9(7-8)10(2,3)4;1-3-9-6-4-8(2)5-7-9;;;/h5,7-8H,9H2,1-4H3;5-7H,1-4H3;4-7H,1-2H3;2*1H;/q2*-1;;;;+2/p-2. The fraction of sp³-hybridized carbons (Fsp3) is 0.333. The molecule has 0 atom stereocenters. The van der Waals surface area contributed by atoms with Gasteiger partial charge in [-0.3, -0.25) is 0 Å². The summed E-state index contributed by atoms with van der Waals surface area (Å²) in [6, 6.07) is 25.8. The molecule has 0 saturated heterocycles. The van der Waals surface area contributed by atoms with Crippen LogP contribution in [0, 0.1) is 47.6 Å². The predicted molar refractivity (Wildman–Crippen MR) is 159 cm³/mol. The second kappa shape index (κ2) is 14.8. The number of halogens is 2. The minimum absolute atomic E-state index is 0. The van der Waals surface area contributed by atoms with Crippen LogP contribution in [0.3, 0.4) is 0 Å². The molecule has 0 unspecified atom stereocenters. The summed E-state index contributed by atoms with van der Waals surface area (Å²) >= 11 is 1.51. The van der Waals surface area contributed by atoms with Crippen molar-refractivity contribution in [1.29, 1.82) is 0 Å². The minimum atomic E-state index is 0. The quantitative estimate of drug-likeness (QED) is 0.248. The first-order valence-corrected chi connectivity index (χ1v) is 14.5. The molecule has 0 fully saturated rings. The van der Waals surface area contributed by atoms with Gasteiger partial charge in [-0.25, -0.2) is 6.07 Å². The first-order valence-electron chi connectivity index (χ1n) is 13.2. The van der Waals surface area contributed by atoms with E-state index in [1.165, 1.54) is 94.2 Å². The van der Waals surface area contributed by atoms with Crippen molar-refractivity contribution in [2.45, 2.75) is 81.1 Å².